The first-order valence-electron chi connectivity index (χ1n) is 12.2. The molecular weight excluding hydrogens is 530 g/mol. The number of carbonyl (C=O) groups excluding carboxylic acids is 3. The summed E-state index contributed by atoms with van der Waals surface area (Å²) in [6.07, 6.45) is 1.38. The number of thiazole rings is 1. The van der Waals surface area contributed by atoms with Gasteiger partial charge in [-0.05, 0) is 62.2 Å². The van der Waals surface area contributed by atoms with Gasteiger partial charge in [-0.15, -0.1) is 0 Å². The molecule has 0 aliphatic carbocycles. The number of hydrogen-bond donors (Lipinski definition) is 0. The number of rotatable bonds is 11. The van der Waals surface area contributed by atoms with Crippen LogP contribution in [0.5, 0.6) is 0 Å². The molecule has 2 aromatic carbocycles. The number of aromatic nitrogens is 1. The minimum absolute atomic E-state index is 0.102. The minimum atomic E-state index is -3.68. The van der Waals surface area contributed by atoms with Crippen molar-refractivity contribution in [1.82, 2.24) is 8.87 Å². The number of amides is 1. The van der Waals surface area contributed by atoms with Crippen LogP contribution in [0.25, 0.3) is 10.2 Å². The van der Waals surface area contributed by atoms with Crippen molar-refractivity contribution in [3.63, 3.8) is 0 Å². The molecule has 0 unspecified atom stereocenters. The lowest BCUT2D eigenvalue weighted by molar-refractivity contribution is -0.143. The number of hydrogen-bond acceptors (Lipinski definition) is 8. The third-order valence-electron chi connectivity index (χ3n) is 5.58. The van der Waals surface area contributed by atoms with Crippen LogP contribution < -0.4 is 4.80 Å². The van der Waals surface area contributed by atoms with E-state index in [1.807, 2.05) is 13.8 Å². The van der Waals surface area contributed by atoms with Crippen molar-refractivity contribution in [1.29, 1.82) is 0 Å². The van der Waals surface area contributed by atoms with Crippen LogP contribution in [0.15, 0.2) is 52.4 Å². The molecule has 204 valence electrons. The fourth-order valence-electron chi connectivity index (χ4n) is 3.81. The Morgan fingerprint density at radius 3 is 2.18 bits per heavy atom. The molecule has 3 rings (SSSR count). The fourth-order valence-corrected chi connectivity index (χ4v) is 6.50. The van der Waals surface area contributed by atoms with Gasteiger partial charge in [-0.1, -0.05) is 25.2 Å². The summed E-state index contributed by atoms with van der Waals surface area (Å²) in [6, 6.07) is 10.5. The van der Waals surface area contributed by atoms with Crippen molar-refractivity contribution < 1.29 is 32.3 Å². The second kappa shape index (κ2) is 12.9. The zero-order chi connectivity index (χ0) is 27.9. The molecule has 0 N–H and O–H groups in total. The lowest BCUT2D eigenvalue weighted by Crippen LogP contribution is -2.32. The Labute approximate surface area is 225 Å². The zero-order valence-electron chi connectivity index (χ0n) is 21.8. The SMILES string of the molecule is CCCN(CCC)S(=O)(=O)c1ccc(C(=O)N=c2sc3cc(C(=O)OC)ccc3n2CC(=O)OCC)cc1. The Morgan fingerprint density at radius 2 is 1.61 bits per heavy atom. The van der Waals surface area contributed by atoms with Gasteiger partial charge in [0, 0.05) is 18.7 Å². The molecule has 10 nitrogen and oxygen atoms in total. The molecule has 0 saturated heterocycles. The third-order valence-corrected chi connectivity index (χ3v) is 8.53. The number of fused-ring (bicyclic) bond motifs is 1. The van der Waals surface area contributed by atoms with Gasteiger partial charge in [0.15, 0.2) is 4.80 Å². The highest BCUT2D eigenvalue weighted by Gasteiger charge is 2.23. The van der Waals surface area contributed by atoms with Gasteiger partial charge >= 0.3 is 11.9 Å². The van der Waals surface area contributed by atoms with Gasteiger partial charge in [-0.25, -0.2) is 13.2 Å². The summed E-state index contributed by atoms with van der Waals surface area (Å²) in [6.45, 7) is 6.37. The lowest BCUT2D eigenvalue weighted by Gasteiger charge is -2.21. The Morgan fingerprint density at radius 1 is 0.974 bits per heavy atom. The van der Waals surface area contributed by atoms with Gasteiger partial charge < -0.3 is 14.0 Å². The Hall–Kier alpha value is -3.35. The molecule has 38 heavy (non-hydrogen) atoms. The summed E-state index contributed by atoms with van der Waals surface area (Å²) >= 11 is 1.13. The van der Waals surface area contributed by atoms with E-state index in [0.29, 0.717) is 41.7 Å². The largest absolute Gasteiger partial charge is 0.465 e. The van der Waals surface area contributed by atoms with Gasteiger partial charge in [0.1, 0.15) is 6.54 Å². The van der Waals surface area contributed by atoms with Crippen LogP contribution in [0.3, 0.4) is 0 Å². The van der Waals surface area contributed by atoms with E-state index in [4.69, 9.17) is 9.47 Å². The van der Waals surface area contributed by atoms with E-state index in [9.17, 15) is 22.8 Å². The molecule has 0 spiro atoms. The maximum absolute atomic E-state index is 13.1. The highest BCUT2D eigenvalue weighted by Crippen LogP contribution is 2.21. The summed E-state index contributed by atoms with van der Waals surface area (Å²) in [7, 11) is -2.40. The molecule has 0 atom stereocenters. The molecule has 0 aliphatic heterocycles. The van der Waals surface area contributed by atoms with Crippen LogP contribution >= 0.6 is 11.3 Å². The number of carbonyl (C=O) groups is 3. The first-order chi connectivity index (χ1) is 18.2. The van der Waals surface area contributed by atoms with E-state index in [2.05, 4.69) is 4.99 Å². The van der Waals surface area contributed by atoms with E-state index >= 15 is 0 Å². The topological polar surface area (TPSA) is 124 Å². The maximum Gasteiger partial charge on any atom is 0.337 e. The number of nitrogens with zero attached hydrogens (tertiary/aromatic N) is 3. The molecule has 0 fully saturated rings. The van der Waals surface area contributed by atoms with E-state index in [0.717, 1.165) is 11.3 Å². The summed E-state index contributed by atoms with van der Waals surface area (Å²) in [5.74, 6) is -1.63. The molecule has 0 aliphatic rings. The minimum Gasteiger partial charge on any atom is -0.465 e. The molecule has 1 heterocycles. The summed E-state index contributed by atoms with van der Waals surface area (Å²) in [4.78, 5) is 41.8. The summed E-state index contributed by atoms with van der Waals surface area (Å²) in [5, 5.41) is 0. The first-order valence-corrected chi connectivity index (χ1v) is 14.5. The van der Waals surface area contributed by atoms with Gasteiger partial charge in [0.25, 0.3) is 5.91 Å². The van der Waals surface area contributed by atoms with Crippen molar-refractivity contribution in [2.75, 3.05) is 26.8 Å². The predicted octanol–water partition coefficient (Wildman–Crippen LogP) is 3.60. The molecule has 0 radical (unpaired) electrons. The first kappa shape index (κ1) is 29.2. The average Bonchev–Trinajstić information content (AvgIpc) is 3.23. The van der Waals surface area contributed by atoms with Crippen molar-refractivity contribution in [3.05, 3.63) is 58.4 Å². The fraction of sp³-hybridized carbons (Fsp3) is 0.385. The van der Waals surface area contributed by atoms with Crippen LogP contribution in [0.4, 0.5) is 0 Å². The average molecular weight is 562 g/mol. The van der Waals surface area contributed by atoms with Crippen LogP contribution in [0.2, 0.25) is 0 Å². The number of sulfonamides is 1. The van der Waals surface area contributed by atoms with Crippen LogP contribution in [0.1, 0.15) is 54.3 Å². The molecule has 0 saturated carbocycles. The zero-order valence-corrected chi connectivity index (χ0v) is 23.4. The molecule has 1 amide bonds. The molecule has 3 aromatic rings. The smallest absolute Gasteiger partial charge is 0.337 e. The van der Waals surface area contributed by atoms with Crippen molar-refractivity contribution >= 4 is 49.4 Å². The summed E-state index contributed by atoms with van der Waals surface area (Å²) < 4.78 is 39.5. The number of methoxy groups -OCH3 is 1. The van der Waals surface area contributed by atoms with Gasteiger partial charge in [0.05, 0.1) is 34.4 Å². The molecular formula is C26H31N3O7S2. The van der Waals surface area contributed by atoms with Crippen LogP contribution in [-0.2, 0) is 30.8 Å². The van der Waals surface area contributed by atoms with Crippen LogP contribution in [0, 0.1) is 0 Å². The maximum atomic E-state index is 13.1. The van der Waals surface area contributed by atoms with E-state index in [-0.39, 0.29) is 28.4 Å². The number of ether oxygens (including phenoxy) is 2. The highest BCUT2D eigenvalue weighted by molar-refractivity contribution is 7.89. The van der Waals surface area contributed by atoms with Gasteiger partial charge in [0.2, 0.25) is 10.0 Å². The Balaban J connectivity index is 2.01. The van der Waals surface area contributed by atoms with Crippen molar-refractivity contribution in [2.45, 2.75) is 45.1 Å². The van der Waals surface area contributed by atoms with Gasteiger partial charge in [-0.3, -0.25) is 9.59 Å². The molecule has 12 heteroatoms. The van der Waals surface area contributed by atoms with Crippen molar-refractivity contribution in [3.8, 4) is 0 Å². The van der Waals surface area contributed by atoms with Gasteiger partial charge in [-0.2, -0.15) is 9.30 Å². The third kappa shape index (κ3) is 6.55. The quantitative estimate of drug-likeness (QED) is 0.328. The predicted molar refractivity (Wildman–Crippen MR) is 143 cm³/mol. The van der Waals surface area contributed by atoms with E-state index in [1.165, 1.54) is 35.7 Å². The highest BCUT2D eigenvalue weighted by atomic mass is 32.2. The van der Waals surface area contributed by atoms with E-state index < -0.39 is 27.9 Å². The lowest BCUT2D eigenvalue weighted by atomic mass is 10.2. The monoisotopic (exact) mass is 561 g/mol. The second-order valence-corrected chi connectivity index (χ2v) is 11.2. The second-order valence-electron chi connectivity index (χ2n) is 8.30. The number of benzene rings is 2. The number of esters is 2. The normalized spacial score (nSPS) is 12.2. The molecule has 0 bridgehead atoms. The Bertz CT molecular complexity index is 1480. The summed E-state index contributed by atoms with van der Waals surface area (Å²) in [5.41, 5.74) is 1.10. The van der Waals surface area contributed by atoms with E-state index in [1.54, 1.807) is 29.7 Å². The standard InChI is InChI=1S/C26H31N3O7S2/c1-5-14-28(15-6-2)38(33,34)20-11-8-18(9-12-20)24(31)27-26-29(17-23(30)36-7-3)21-13-10-19(25(32)35-4)16-22(21)37-26/h8-13,16H,5-7,14-15,17H2,1-4H3. The van der Waals surface area contributed by atoms with Crippen molar-refractivity contribution in [2.24, 2.45) is 4.99 Å². The van der Waals surface area contributed by atoms with Crippen LogP contribution in [-0.4, -0.2) is 61.9 Å². The Kier molecular flexibility index (Phi) is 9.95. The molecule has 1 aromatic heterocycles.